The molecule has 2 aliphatic rings. The molecule has 0 aromatic heterocycles. The maximum Gasteiger partial charge on any atom is 0.00884 e. The Labute approximate surface area is 130 Å². The molecular formula is C20H31N. The van der Waals surface area contributed by atoms with Crippen LogP contribution >= 0.6 is 0 Å². The highest BCUT2D eigenvalue weighted by atomic mass is 14.9. The van der Waals surface area contributed by atoms with Crippen molar-refractivity contribution >= 4 is 0 Å². The summed E-state index contributed by atoms with van der Waals surface area (Å²) in [6.07, 6.45) is 9.95. The highest BCUT2D eigenvalue weighted by molar-refractivity contribution is 5.38. The first-order valence-corrected chi connectivity index (χ1v) is 8.88. The molecule has 0 unspecified atom stereocenters. The van der Waals surface area contributed by atoms with Gasteiger partial charge in [0.05, 0.1) is 0 Å². The number of benzene rings is 1. The molecule has 1 nitrogen and oxygen atoms in total. The van der Waals surface area contributed by atoms with Crippen molar-refractivity contribution in [2.75, 3.05) is 13.1 Å². The molecule has 0 amide bonds. The standard InChI is InChI=1S/C20H31N/c1-4-11-21-15-20(13-19(14-20)9-5-6-10-19)18-8-7-16(2)17(3)12-18/h7-8,12,21H,4-6,9-11,13-15H2,1-3H3. The summed E-state index contributed by atoms with van der Waals surface area (Å²) in [5.74, 6) is 0. The highest BCUT2D eigenvalue weighted by Gasteiger charge is 2.55. The third-order valence-corrected chi connectivity index (χ3v) is 6.10. The van der Waals surface area contributed by atoms with E-state index >= 15 is 0 Å². The second-order valence-corrected chi connectivity index (χ2v) is 7.82. The number of nitrogens with one attached hydrogen (secondary N) is 1. The van der Waals surface area contributed by atoms with Crippen molar-refractivity contribution in [1.82, 2.24) is 5.32 Å². The number of hydrogen-bond donors (Lipinski definition) is 1. The van der Waals surface area contributed by atoms with Gasteiger partial charge < -0.3 is 5.32 Å². The quantitative estimate of drug-likeness (QED) is 0.759. The zero-order valence-electron chi connectivity index (χ0n) is 14.1. The molecule has 116 valence electrons. The molecule has 0 bridgehead atoms. The molecule has 1 aromatic carbocycles. The van der Waals surface area contributed by atoms with E-state index < -0.39 is 0 Å². The zero-order valence-corrected chi connectivity index (χ0v) is 14.1. The van der Waals surface area contributed by atoms with Crippen molar-refractivity contribution in [3.63, 3.8) is 0 Å². The average molecular weight is 285 g/mol. The van der Waals surface area contributed by atoms with Crippen molar-refractivity contribution in [3.05, 3.63) is 34.9 Å². The van der Waals surface area contributed by atoms with Crippen LogP contribution in [0.25, 0.3) is 0 Å². The van der Waals surface area contributed by atoms with Crippen LogP contribution in [0.4, 0.5) is 0 Å². The highest BCUT2D eigenvalue weighted by Crippen LogP contribution is 2.62. The van der Waals surface area contributed by atoms with E-state index in [4.69, 9.17) is 0 Å². The molecule has 2 aliphatic carbocycles. The normalized spacial score (nSPS) is 22.4. The van der Waals surface area contributed by atoms with E-state index in [2.05, 4.69) is 44.3 Å². The molecule has 2 fully saturated rings. The van der Waals surface area contributed by atoms with Crippen LogP contribution < -0.4 is 5.32 Å². The Bertz CT molecular complexity index is 489. The fraction of sp³-hybridized carbons (Fsp3) is 0.700. The Kier molecular flexibility index (Phi) is 4.14. The summed E-state index contributed by atoms with van der Waals surface area (Å²) in [6, 6.07) is 7.19. The third-order valence-electron chi connectivity index (χ3n) is 6.10. The van der Waals surface area contributed by atoms with Crippen molar-refractivity contribution in [2.24, 2.45) is 5.41 Å². The van der Waals surface area contributed by atoms with Crippen LogP contribution in [-0.2, 0) is 5.41 Å². The van der Waals surface area contributed by atoms with E-state index in [0.29, 0.717) is 10.8 Å². The van der Waals surface area contributed by atoms with Crippen LogP contribution in [-0.4, -0.2) is 13.1 Å². The molecule has 1 N–H and O–H groups in total. The predicted molar refractivity (Wildman–Crippen MR) is 90.9 cm³/mol. The van der Waals surface area contributed by atoms with Crippen molar-refractivity contribution in [3.8, 4) is 0 Å². The summed E-state index contributed by atoms with van der Waals surface area (Å²) < 4.78 is 0. The smallest absolute Gasteiger partial charge is 0.00884 e. The van der Waals surface area contributed by atoms with Gasteiger partial charge in [0.1, 0.15) is 0 Å². The summed E-state index contributed by atoms with van der Waals surface area (Å²) >= 11 is 0. The molecule has 1 heteroatoms. The van der Waals surface area contributed by atoms with Crippen molar-refractivity contribution in [2.45, 2.75) is 71.1 Å². The molecular weight excluding hydrogens is 254 g/mol. The Morgan fingerprint density at radius 3 is 2.38 bits per heavy atom. The van der Waals surface area contributed by atoms with Crippen LogP contribution in [0.3, 0.4) is 0 Å². The molecule has 0 atom stereocenters. The summed E-state index contributed by atoms with van der Waals surface area (Å²) in [7, 11) is 0. The lowest BCUT2D eigenvalue weighted by Gasteiger charge is -2.56. The fourth-order valence-electron chi connectivity index (χ4n) is 4.87. The summed E-state index contributed by atoms with van der Waals surface area (Å²) in [5, 5.41) is 3.72. The molecule has 0 saturated heterocycles. The van der Waals surface area contributed by atoms with E-state index in [1.165, 1.54) is 62.6 Å². The SMILES string of the molecule is CCCNCC1(c2ccc(C)c(C)c2)CC2(CCCC2)C1. The van der Waals surface area contributed by atoms with Crippen LogP contribution in [0.2, 0.25) is 0 Å². The monoisotopic (exact) mass is 285 g/mol. The second-order valence-electron chi connectivity index (χ2n) is 7.82. The van der Waals surface area contributed by atoms with Crippen LogP contribution in [0.15, 0.2) is 18.2 Å². The maximum absolute atomic E-state index is 3.72. The summed E-state index contributed by atoms with van der Waals surface area (Å²) in [6.45, 7) is 9.07. The Morgan fingerprint density at radius 2 is 1.76 bits per heavy atom. The number of aryl methyl sites for hydroxylation is 2. The van der Waals surface area contributed by atoms with E-state index in [1.54, 1.807) is 5.56 Å². The van der Waals surface area contributed by atoms with E-state index in [0.717, 1.165) is 6.54 Å². The van der Waals surface area contributed by atoms with Crippen LogP contribution in [0, 0.1) is 19.3 Å². The first kappa shape index (κ1) is 15.1. The Morgan fingerprint density at radius 1 is 1.05 bits per heavy atom. The van der Waals surface area contributed by atoms with E-state index in [1.807, 2.05) is 0 Å². The van der Waals surface area contributed by atoms with Gasteiger partial charge >= 0.3 is 0 Å². The minimum atomic E-state index is 0.415. The van der Waals surface area contributed by atoms with Gasteiger partial charge in [0, 0.05) is 12.0 Å². The molecule has 2 saturated carbocycles. The summed E-state index contributed by atoms with van der Waals surface area (Å²) in [4.78, 5) is 0. The van der Waals surface area contributed by atoms with E-state index in [-0.39, 0.29) is 0 Å². The molecule has 21 heavy (non-hydrogen) atoms. The lowest BCUT2D eigenvalue weighted by atomic mass is 9.49. The number of hydrogen-bond acceptors (Lipinski definition) is 1. The zero-order chi connectivity index (χ0) is 14.9. The average Bonchev–Trinajstić information content (AvgIpc) is 2.90. The van der Waals surface area contributed by atoms with Gasteiger partial charge in [0.15, 0.2) is 0 Å². The minimum Gasteiger partial charge on any atom is -0.316 e. The summed E-state index contributed by atoms with van der Waals surface area (Å²) in [5.41, 5.74) is 5.58. The van der Waals surface area contributed by atoms with Gasteiger partial charge in [-0.1, -0.05) is 38.0 Å². The van der Waals surface area contributed by atoms with Gasteiger partial charge in [-0.15, -0.1) is 0 Å². The third kappa shape index (κ3) is 2.77. The molecule has 1 spiro atoms. The molecule has 0 radical (unpaired) electrons. The lowest BCUT2D eigenvalue weighted by molar-refractivity contribution is 0.0271. The van der Waals surface area contributed by atoms with Gasteiger partial charge in [-0.2, -0.15) is 0 Å². The van der Waals surface area contributed by atoms with Gasteiger partial charge in [0.25, 0.3) is 0 Å². The first-order valence-electron chi connectivity index (χ1n) is 8.88. The lowest BCUT2D eigenvalue weighted by Crippen LogP contribution is -2.54. The first-order chi connectivity index (χ1) is 10.1. The maximum atomic E-state index is 3.72. The second kappa shape index (κ2) is 5.76. The van der Waals surface area contributed by atoms with Gasteiger partial charge in [0.2, 0.25) is 0 Å². The molecule has 0 aliphatic heterocycles. The predicted octanol–water partition coefficient (Wildman–Crippen LogP) is 4.90. The fourth-order valence-corrected chi connectivity index (χ4v) is 4.87. The van der Waals surface area contributed by atoms with Gasteiger partial charge in [-0.25, -0.2) is 0 Å². The molecule has 3 rings (SSSR count). The van der Waals surface area contributed by atoms with Gasteiger partial charge in [-0.05, 0) is 74.6 Å². The van der Waals surface area contributed by atoms with Gasteiger partial charge in [-0.3, -0.25) is 0 Å². The Balaban J connectivity index is 1.81. The van der Waals surface area contributed by atoms with Crippen LogP contribution in [0.1, 0.15) is 68.6 Å². The largest absolute Gasteiger partial charge is 0.316 e. The number of rotatable bonds is 5. The topological polar surface area (TPSA) is 12.0 Å². The van der Waals surface area contributed by atoms with E-state index in [9.17, 15) is 0 Å². The molecule has 1 aromatic rings. The minimum absolute atomic E-state index is 0.415. The Hall–Kier alpha value is -0.820. The van der Waals surface area contributed by atoms with Crippen molar-refractivity contribution < 1.29 is 0 Å². The van der Waals surface area contributed by atoms with Crippen LogP contribution in [0.5, 0.6) is 0 Å². The van der Waals surface area contributed by atoms with Crippen molar-refractivity contribution in [1.29, 1.82) is 0 Å². The molecule has 0 heterocycles.